The van der Waals surface area contributed by atoms with Crippen LogP contribution in [0, 0.1) is 10.1 Å². The Labute approximate surface area is 200 Å². The molecule has 1 saturated carbocycles. The summed E-state index contributed by atoms with van der Waals surface area (Å²) in [6, 6.07) is 11.6. The number of ether oxygens (including phenoxy) is 1. The third-order valence-electron chi connectivity index (χ3n) is 5.90. The minimum atomic E-state index is -0.491. The maximum atomic E-state index is 13.7. The highest BCUT2D eigenvalue weighted by molar-refractivity contribution is 6.33. The van der Waals surface area contributed by atoms with Gasteiger partial charge in [-0.25, -0.2) is 0 Å². The van der Waals surface area contributed by atoms with Gasteiger partial charge in [0.1, 0.15) is 0 Å². The van der Waals surface area contributed by atoms with E-state index in [-0.39, 0.29) is 41.5 Å². The molecule has 0 radical (unpaired) electrons. The number of non-ortho nitro benzene ring substituents is 1. The second-order valence-corrected chi connectivity index (χ2v) is 8.61. The molecule has 10 nitrogen and oxygen atoms in total. The number of carbonyl (C=O) groups excluding carboxylic acids is 1. The molecule has 176 valence electrons. The van der Waals surface area contributed by atoms with Crippen LogP contribution in [0.3, 0.4) is 0 Å². The standard InChI is InChI=1S/C23H22ClN5O5/c24-19-4-2-1-3-17(19)22-26-25-21(34-22)14-28(15-5-6-15)23(30)18-13-16(29(31)32)7-8-20(18)27-9-11-33-12-10-27/h1-4,7-8,13,15H,5-6,9-12,14H2. The van der Waals surface area contributed by atoms with Gasteiger partial charge in [-0.15, -0.1) is 10.2 Å². The van der Waals surface area contributed by atoms with Gasteiger partial charge < -0.3 is 19.0 Å². The highest BCUT2D eigenvalue weighted by atomic mass is 35.5. The molecule has 2 fully saturated rings. The van der Waals surface area contributed by atoms with E-state index in [4.69, 9.17) is 20.8 Å². The number of rotatable bonds is 7. The Hall–Kier alpha value is -3.50. The number of morpholine rings is 1. The van der Waals surface area contributed by atoms with Crippen LogP contribution in [0.4, 0.5) is 11.4 Å². The van der Waals surface area contributed by atoms with Crippen LogP contribution in [0.15, 0.2) is 46.9 Å². The summed E-state index contributed by atoms with van der Waals surface area (Å²) in [5, 5.41) is 20.1. The maximum absolute atomic E-state index is 13.7. The molecule has 0 unspecified atom stereocenters. The number of aromatic nitrogens is 2. The summed E-state index contributed by atoms with van der Waals surface area (Å²) < 4.78 is 11.2. The number of amides is 1. The number of hydrogen-bond acceptors (Lipinski definition) is 8. The zero-order valence-corrected chi connectivity index (χ0v) is 19.0. The van der Waals surface area contributed by atoms with Crippen molar-refractivity contribution in [3.8, 4) is 11.5 Å². The SMILES string of the molecule is O=C(c1cc([N+](=O)[O-])ccc1N1CCOCC1)N(Cc1nnc(-c2ccccc2Cl)o1)C1CC1. The van der Waals surface area contributed by atoms with Gasteiger partial charge in [-0.3, -0.25) is 14.9 Å². The lowest BCUT2D eigenvalue weighted by atomic mass is 10.1. The first kappa shape index (κ1) is 22.3. The van der Waals surface area contributed by atoms with Gasteiger partial charge in [0.05, 0.1) is 46.5 Å². The van der Waals surface area contributed by atoms with Gasteiger partial charge in [-0.1, -0.05) is 23.7 Å². The number of nitro groups is 1. The van der Waals surface area contributed by atoms with E-state index in [1.165, 1.54) is 12.1 Å². The number of hydrogen-bond donors (Lipinski definition) is 0. The molecule has 1 aromatic heterocycles. The fourth-order valence-corrected chi connectivity index (χ4v) is 4.22. The van der Waals surface area contributed by atoms with Crippen molar-refractivity contribution in [3.05, 3.63) is 69.1 Å². The number of anilines is 1. The predicted molar refractivity (Wildman–Crippen MR) is 124 cm³/mol. The van der Waals surface area contributed by atoms with Crippen LogP contribution in [0.2, 0.25) is 5.02 Å². The van der Waals surface area contributed by atoms with Gasteiger partial charge in [0.2, 0.25) is 11.8 Å². The Morgan fingerprint density at radius 2 is 1.94 bits per heavy atom. The van der Waals surface area contributed by atoms with E-state index in [1.807, 2.05) is 17.0 Å². The monoisotopic (exact) mass is 483 g/mol. The summed E-state index contributed by atoms with van der Waals surface area (Å²) in [4.78, 5) is 28.4. The van der Waals surface area contributed by atoms with Crippen LogP contribution in [0.1, 0.15) is 29.1 Å². The summed E-state index contributed by atoms with van der Waals surface area (Å²) in [6.45, 7) is 2.37. The minimum absolute atomic E-state index is 0.0139. The van der Waals surface area contributed by atoms with E-state index in [0.29, 0.717) is 42.6 Å². The van der Waals surface area contributed by atoms with E-state index in [0.717, 1.165) is 12.8 Å². The molecule has 11 heteroatoms. The highest BCUT2D eigenvalue weighted by Crippen LogP contribution is 2.34. The van der Waals surface area contributed by atoms with Crippen LogP contribution in [0.25, 0.3) is 11.5 Å². The summed E-state index contributed by atoms with van der Waals surface area (Å²) in [6.07, 6.45) is 1.69. The zero-order chi connectivity index (χ0) is 23.7. The molecule has 0 bridgehead atoms. The van der Waals surface area contributed by atoms with Crippen molar-refractivity contribution in [2.75, 3.05) is 31.2 Å². The first-order valence-corrected chi connectivity index (χ1v) is 11.4. The van der Waals surface area contributed by atoms with Crippen molar-refractivity contribution in [1.82, 2.24) is 15.1 Å². The summed E-state index contributed by atoms with van der Waals surface area (Å²) in [7, 11) is 0. The van der Waals surface area contributed by atoms with Crippen molar-refractivity contribution in [2.45, 2.75) is 25.4 Å². The van der Waals surface area contributed by atoms with Crippen molar-refractivity contribution in [1.29, 1.82) is 0 Å². The fourth-order valence-electron chi connectivity index (χ4n) is 4.00. The second-order valence-electron chi connectivity index (χ2n) is 8.20. The fraction of sp³-hybridized carbons (Fsp3) is 0.348. The third kappa shape index (κ3) is 4.59. The summed E-state index contributed by atoms with van der Waals surface area (Å²) >= 11 is 6.24. The minimum Gasteiger partial charge on any atom is -0.419 e. The zero-order valence-electron chi connectivity index (χ0n) is 18.2. The highest BCUT2D eigenvalue weighted by Gasteiger charge is 2.36. The molecular weight excluding hydrogens is 462 g/mol. The quantitative estimate of drug-likeness (QED) is 0.366. The molecule has 5 rings (SSSR count). The predicted octanol–water partition coefficient (Wildman–Crippen LogP) is 3.94. The lowest BCUT2D eigenvalue weighted by molar-refractivity contribution is -0.384. The molecule has 1 saturated heterocycles. The van der Waals surface area contributed by atoms with Gasteiger partial charge in [0, 0.05) is 31.3 Å². The molecule has 2 aromatic carbocycles. The summed E-state index contributed by atoms with van der Waals surface area (Å²) in [5.74, 6) is 0.242. The van der Waals surface area contributed by atoms with E-state index >= 15 is 0 Å². The largest absolute Gasteiger partial charge is 0.419 e. The number of carbonyl (C=O) groups is 1. The Kier molecular flexibility index (Phi) is 6.16. The van der Waals surface area contributed by atoms with Gasteiger partial charge in [0.25, 0.3) is 11.6 Å². The molecule has 0 atom stereocenters. The van der Waals surface area contributed by atoms with Gasteiger partial charge in [-0.2, -0.15) is 0 Å². The van der Waals surface area contributed by atoms with Crippen LogP contribution in [-0.2, 0) is 11.3 Å². The van der Waals surface area contributed by atoms with E-state index in [2.05, 4.69) is 10.2 Å². The first-order valence-electron chi connectivity index (χ1n) is 11.0. The third-order valence-corrected chi connectivity index (χ3v) is 6.23. The Morgan fingerprint density at radius 3 is 2.65 bits per heavy atom. The van der Waals surface area contributed by atoms with Crippen molar-refractivity contribution >= 4 is 28.9 Å². The molecule has 1 amide bonds. The number of nitrogens with zero attached hydrogens (tertiary/aromatic N) is 5. The van der Waals surface area contributed by atoms with E-state index in [9.17, 15) is 14.9 Å². The Bertz CT molecular complexity index is 1220. The van der Waals surface area contributed by atoms with Gasteiger partial charge >= 0.3 is 0 Å². The molecule has 2 heterocycles. The molecular formula is C23H22ClN5O5. The van der Waals surface area contributed by atoms with E-state index < -0.39 is 4.92 Å². The van der Waals surface area contributed by atoms with Gasteiger partial charge in [0.15, 0.2) is 0 Å². The maximum Gasteiger partial charge on any atom is 0.270 e. The molecule has 3 aromatic rings. The number of nitro benzene ring substituents is 1. The molecule has 34 heavy (non-hydrogen) atoms. The molecule has 0 spiro atoms. The molecule has 0 N–H and O–H groups in total. The van der Waals surface area contributed by atoms with Crippen LogP contribution < -0.4 is 4.90 Å². The average Bonchev–Trinajstić information content (AvgIpc) is 3.60. The normalized spacial score (nSPS) is 15.9. The number of halogens is 1. The average molecular weight is 484 g/mol. The van der Waals surface area contributed by atoms with Crippen LogP contribution in [-0.4, -0.2) is 58.3 Å². The topological polar surface area (TPSA) is 115 Å². The van der Waals surface area contributed by atoms with Crippen molar-refractivity contribution in [3.63, 3.8) is 0 Å². The van der Waals surface area contributed by atoms with Crippen LogP contribution in [0.5, 0.6) is 0 Å². The Morgan fingerprint density at radius 1 is 1.18 bits per heavy atom. The Balaban J connectivity index is 1.45. The molecule has 2 aliphatic rings. The van der Waals surface area contributed by atoms with Crippen molar-refractivity contribution in [2.24, 2.45) is 0 Å². The lowest BCUT2D eigenvalue weighted by Gasteiger charge is -2.31. The first-order chi connectivity index (χ1) is 16.5. The molecule has 1 aliphatic heterocycles. The van der Waals surface area contributed by atoms with Crippen molar-refractivity contribution < 1.29 is 18.9 Å². The summed E-state index contributed by atoms with van der Waals surface area (Å²) in [5.41, 5.74) is 1.43. The number of benzene rings is 2. The van der Waals surface area contributed by atoms with Gasteiger partial charge in [-0.05, 0) is 31.0 Å². The second kappa shape index (κ2) is 9.40. The molecule has 1 aliphatic carbocycles. The smallest absolute Gasteiger partial charge is 0.270 e. The lowest BCUT2D eigenvalue weighted by Crippen LogP contribution is -2.39. The van der Waals surface area contributed by atoms with Crippen LogP contribution >= 0.6 is 11.6 Å². The van der Waals surface area contributed by atoms with E-state index in [1.54, 1.807) is 23.1 Å².